The molecule has 1 aromatic heterocycles. The quantitative estimate of drug-likeness (QED) is 0.0802. The third-order valence-electron chi connectivity index (χ3n) is 5.42. The van der Waals surface area contributed by atoms with Crippen LogP contribution in [0.15, 0.2) is 60.5 Å². The number of halogens is 3. The number of nitrogens with two attached hydrogens (primary N) is 2. The fourth-order valence-electron chi connectivity index (χ4n) is 3.48. The van der Waals surface area contributed by atoms with Crippen LogP contribution in [-0.4, -0.2) is 46.8 Å². The highest BCUT2D eigenvalue weighted by Crippen LogP contribution is 2.38. The summed E-state index contributed by atoms with van der Waals surface area (Å²) in [7, 11) is 1.31. The molecule has 0 fully saturated rings. The molecule has 1 heterocycles. The number of alkyl halides is 3. The van der Waals surface area contributed by atoms with Gasteiger partial charge in [-0.3, -0.25) is 10.1 Å². The van der Waals surface area contributed by atoms with Crippen molar-refractivity contribution in [2.24, 2.45) is 11.6 Å². The molecule has 11 nitrogen and oxygen atoms in total. The van der Waals surface area contributed by atoms with Crippen LogP contribution in [0.2, 0.25) is 0 Å². The maximum atomic E-state index is 13.6. The Labute approximate surface area is 245 Å². The number of carbonyl (C=O) groups excluding carboxylic acids is 1. The predicted octanol–water partition coefficient (Wildman–Crippen LogP) is 4.89. The number of rotatable bonds is 13. The number of carboxylic acid groups (broad SMARTS) is 1. The predicted molar refractivity (Wildman–Crippen MR) is 157 cm³/mol. The average molecular weight is 610 g/mol. The van der Waals surface area contributed by atoms with E-state index in [-0.39, 0.29) is 52.5 Å². The molecule has 0 aliphatic rings. The van der Waals surface area contributed by atoms with Crippen molar-refractivity contribution in [2.75, 3.05) is 24.3 Å². The summed E-state index contributed by atoms with van der Waals surface area (Å²) >= 11 is 1.03. The molecule has 0 bridgehead atoms. The molecule has 0 aliphatic heterocycles. The molecule has 0 saturated carbocycles. The molecule has 0 saturated heterocycles. The molecule has 15 heteroatoms. The van der Waals surface area contributed by atoms with Gasteiger partial charge in [-0.05, 0) is 25.1 Å². The number of aromatic nitrogens is 1. The molecule has 2 rings (SSSR count). The summed E-state index contributed by atoms with van der Waals surface area (Å²) in [6, 6.07) is 1.82. The summed E-state index contributed by atoms with van der Waals surface area (Å²) in [6.07, 6.45) is 1.27. The lowest BCUT2D eigenvalue weighted by Gasteiger charge is -2.19. The van der Waals surface area contributed by atoms with Crippen LogP contribution in [-0.2, 0) is 17.5 Å². The number of methoxy groups -OCH3 is 1. The summed E-state index contributed by atoms with van der Waals surface area (Å²) in [5.41, 5.74) is 6.23. The second-order valence-electron chi connectivity index (χ2n) is 9.26. The SMILES string of the molecule is C=C/C(=C\C=C(\C)CN(N)/C=C(\N)c1cnc(NC(=O)O)s1)C(=O)Nc1cc(C(F)(F)F)cc(CNC(C)C)c1OC. The summed E-state index contributed by atoms with van der Waals surface area (Å²) in [5, 5.41) is 17.9. The monoisotopic (exact) mass is 609 g/mol. The van der Waals surface area contributed by atoms with Gasteiger partial charge >= 0.3 is 12.3 Å². The van der Waals surface area contributed by atoms with Crippen molar-refractivity contribution in [2.45, 2.75) is 39.5 Å². The fraction of sp³-hybridized carbons (Fsp3) is 0.296. The Morgan fingerprint density at radius 3 is 2.52 bits per heavy atom. The zero-order valence-electron chi connectivity index (χ0n) is 23.5. The van der Waals surface area contributed by atoms with E-state index >= 15 is 0 Å². The van der Waals surface area contributed by atoms with Crippen LogP contribution < -0.4 is 32.3 Å². The standard InChI is InChI=1S/C27H34F3N7O4S/c1-6-17(8-7-16(4)13-37(32)14-20(31)22-12-34-25(42-22)36-26(39)40)24(38)35-21-10-19(27(28,29)30)9-18(23(21)41-5)11-33-15(2)3/h6-10,12,14-15,33H,1,11,13,31-32H2,2-5H3,(H,34,36)(H,35,38)(H,39,40)/b16-7-,17-8+,20-14-. The number of carbonyl (C=O) groups is 2. The van der Waals surface area contributed by atoms with Crippen molar-refractivity contribution in [1.82, 2.24) is 15.3 Å². The molecule has 2 aromatic rings. The van der Waals surface area contributed by atoms with E-state index < -0.39 is 23.7 Å². The Balaban J connectivity index is 2.22. The van der Waals surface area contributed by atoms with Crippen molar-refractivity contribution in [3.8, 4) is 5.75 Å². The van der Waals surface area contributed by atoms with E-state index in [9.17, 15) is 22.8 Å². The van der Waals surface area contributed by atoms with Crippen LogP contribution in [0.4, 0.5) is 28.8 Å². The van der Waals surface area contributed by atoms with Crippen LogP contribution in [0, 0.1) is 0 Å². The van der Waals surface area contributed by atoms with E-state index in [1.54, 1.807) is 13.0 Å². The minimum absolute atomic E-state index is 0.00525. The summed E-state index contributed by atoms with van der Waals surface area (Å²) in [4.78, 5) is 28.2. The number of hydrogen-bond acceptors (Lipinski definition) is 9. The highest BCUT2D eigenvalue weighted by Gasteiger charge is 2.33. The molecule has 0 atom stereocenters. The van der Waals surface area contributed by atoms with Crippen molar-refractivity contribution in [3.05, 3.63) is 76.5 Å². The molecule has 1 aromatic carbocycles. The lowest BCUT2D eigenvalue weighted by molar-refractivity contribution is -0.137. The lowest BCUT2D eigenvalue weighted by Crippen LogP contribution is -2.27. The van der Waals surface area contributed by atoms with Gasteiger partial charge in [0.15, 0.2) is 5.13 Å². The number of thiazole rings is 1. The number of hydrazine groups is 1. The maximum absolute atomic E-state index is 13.6. The molecule has 228 valence electrons. The molecule has 8 N–H and O–H groups in total. The van der Waals surface area contributed by atoms with Crippen LogP contribution in [0.5, 0.6) is 5.75 Å². The minimum Gasteiger partial charge on any atom is -0.494 e. The summed E-state index contributed by atoms with van der Waals surface area (Å²) in [6.45, 7) is 9.37. The molecular weight excluding hydrogens is 575 g/mol. The van der Waals surface area contributed by atoms with Gasteiger partial charge in [0.05, 0.1) is 35.5 Å². The van der Waals surface area contributed by atoms with Gasteiger partial charge in [-0.1, -0.05) is 49.5 Å². The molecule has 0 unspecified atom stereocenters. The third kappa shape index (κ3) is 10.2. The highest BCUT2D eigenvalue weighted by molar-refractivity contribution is 7.16. The van der Waals surface area contributed by atoms with Crippen LogP contribution in [0.25, 0.3) is 5.70 Å². The molecule has 0 radical (unpaired) electrons. The van der Waals surface area contributed by atoms with E-state index in [0.29, 0.717) is 10.5 Å². The minimum atomic E-state index is -4.64. The molecule has 0 aliphatic carbocycles. The van der Waals surface area contributed by atoms with Gasteiger partial charge in [0.2, 0.25) is 0 Å². The van der Waals surface area contributed by atoms with Gasteiger partial charge in [-0.2, -0.15) is 13.2 Å². The number of nitrogens with zero attached hydrogens (tertiary/aromatic N) is 2. The number of hydrogen-bond donors (Lipinski definition) is 6. The Kier molecular flexibility index (Phi) is 12.1. The first-order valence-corrected chi connectivity index (χ1v) is 13.2. The smallest absolute Gasteiger partial charge is 0.416 e. The van der Waals surface area contributed by atoms with Crippen molar-refractivity contribution in [3.63, 3.8) is 0 Å². The highest BCUT2D eigenvalue weighted by atomic mass is 32.1. The van der Waals surface area contributed by atoms with Gasteiger partial charge in [0, 0.05) is 36.1 Å². The van der Waals surface area contributed by atoms with Crippen LogP contribution in [0.3, 0.4) is 0 Å². The van der Waals surface area contributed by atoms with E-state index in [1.807, 2.05) is 13.8 Å². The Morgan fingerprint density at radius 2 is 1.95 bits per heavy atom. The number of ether oxygens (including phenoxy) is 1. The Bertz CT molecular complexity index is 1380. The molecule has 2 amide bonds. The zero-order valence-corrected chi connectivity index (χ0v) is 24.3. The molecule has 42 heavy (non-hydrogen) atoms. The number of amides is 2. The number of benzene rings is 1. The van der Waals surface area contributed by atoms with Crippen molar-refractivity contribution >= 4 is 39.9 Å². The van der Waals surface area contributed by atoms with Crippen molar-refractivity contribution in [1.29, 1.82) is 0 Å². The first-order valence-electron chi connectivity index (χ1n) is 12.4. The number of anilines is 2. The second kappa shape index (κ2) is 15.0. The summed E-state index contributed by atoms with van der Waals surface area (Å²) < 4.78 is 46.2. The molecular formula is C27H34F3N7O4S. The first kappa shape index (κ1) is 33.9. The van der Waals surface area contributed by atoms with Gasteiger partial charge in [-0.15, -0.1) is 0 Å². The average Bonchev–Trinajstić information content (AvgIpc) is 3.34. The van der Waals surface area contributed by atoms with Gasteiger partial charge in [0.1, 0.15) is 5.75 Å². The van der Waals surface area contributed by atoms with Gasteiger partial charge < -0.3 is 31.2 Å². The number of allylic oxidation sites excluding steroid dienone is 2. The van der Waals surface area contributed by atoms with Gasteiger partial charge in [-0.25, -0.2) is 15.6 Å². The first-order chi connectivity index (χ1) is 19.6. The van der Waals surface area contributed by atoms with E-state index in [2.05, 4.69) is 27.5 Å². The fourth-order valence-corrected chi connectivity index (χ4v) is 4.21. The number of nitrogens with one attached hydrogen (secondary N) is 3. The largest absolute Gasteiger partial charge is 0.494 e. The zero-order chi connectivity index (χ0) is 31.6. The maximum Gasteiger partial charge on any atom is 0.416 e. The third-order valence-corrected chi connectivity index (χ3v) is 6.38. The normalized spacial score (nSPS) is 12.7. The summed E-state index contributed by atoms with van der Waals surface area (Å²) in [5.74, 6) is 5.43. The second-order valence-corrected chi connectivity index (χ2v) is 10.3. The van der Waals surface area contributed by atoms with Crippen LogP contribution in [0.1, 0.15) is 36.8 Å². The lowest BCUT2D eigenvalue weighted by atomic mass is 10.1. The van der Waals surface area contributed by atoms with Gasteiger partial charge in [0.25, 0.3) is 5.91 Å². The van der Waals surface area contributed by atoms with E-state index in [0.717, 1.165) is 23.5 Å². The van der Waals surface area contributed by atoms with Crippen LogP contribution >= 0.6 is 11.3 Å². The Hall–Kier alpha value is -4.34. The van der Waals surface area contributed by atoms with E-state index in [1.165, 1.54) is 36.7 Å². The van der Waals surface area contributed by atoms with E-state index in [4.69, 9.17) is 21.4 Å². The Morgan fingerprint density at radius 1 is 1.26 bits per heavy atom. The van der Waals surface area contributed by atoms with Crippen molar-refractivity contribution < 1.29 is 32.6 Å². The molecule has 0 spiro atoms. The topological polar surface area (TPSA) is 168 Å².